The van der Waals surface area contributed by atoms with Gasteiger partial charge in [0.2, 0.25) is 0 Å². The van der Waals surface area contributed by atoms with Gasteiger partial charge in [-0.05, 0) is 30.7 Å². The Labute approximate surface area is 117 Å². The zero-order valence-corrected chi connectivity index (χ0v) is 11.2. The van der Waals surface area contributed by atoms with Crippen molar-refractivity contribution in [3.05, 3.63) is 35.4 Å². The van der Waals surface area contributed by atoms with E-state index in [0.717, 1.165) is 19.3 Å². The molecule has 1 aromatic rings. The van der Waals surface area contributed by atoms with Gasteiger partial charge in [0.25, 0.3) is 0 Å². The minimum absolute atomic E-state index is 0.103. The van der Waals surface area contributed by atoms with Crippen LogP contribution in [0.15, 0.2) is 29.4 Å². The van der Waals surface area contributed by atoms with Crippen LogP contribution >= 0.6 is 0 Å². The maximum atomic E-state index is 10.8. The van der Waals surface area contributed by atoms with E-state index in [1.54, 1.807) is 0 Å². The van der Waals surface area contributed by atoms with Gasteiger partial charge in [0.05, 0.1) is 0 Å². The van der Waals surface area contributed by atoms with Crippen molar-refractivity contribution < 1.29 is 15.1 Å². The maximum Gasteiger partial charge on any atom is 0.407 e. The SMILES string of the molecule is N/C(=N\O)c1ccc(CC2CCN(C(=O)O)CC2)cc1. The summed E-state index contributed by atoms with van der Waals surface area (Å²) in [4.78, 5) is 12.3. The first-order valence-electron chi connectivity index (χ1n) is 6.65. The Morgan fingerprint density at radius 1 is 1.30 bits per heavy atom. The lowest BCUT2D eigenvalue weighted by Crippen LogP contribution is -2.37. The van der Waals surface area contributed by atoms with Gasteiger partial charge in [0, 0.05) is 18.7 Å². The van der Waals surface area contributed by atoms with Crippen molar-refractivity contribution in [2.24, 2.45) is 16.8 Å². The quantitative estimate of drug-likeness (QED) is 0.339. The molecule has 0 spiro atoms. The van der Waals surface area contributed by atoms with Gasteiger partial charge in [-0.1, -0.05) is 29.4 Å². The van der Waals surface area contributed by atoms with E-state index in [2.05, 4.69) is 5.16 Å². The fourth-order valence-electron chi connectivity index (χ4n) is 2.53. The molecule has 0 saturated carbocycles. The summed E-state index contributed by atoms with van der Waals surface area (Å²) in [5.41, 5.74) is 7.39. The monoisotopic (exact) mass is 277 g/mol. The van der Waals surface area contributed by atoms with E-state index in [1.807, 2.05) is 24.3 Å². The van der Waals surface area contributed by atoms with Crippen LogP contribution in [0.4, 0.5) is 4.79 Å². The third kappa shape index (κ3) is 3.40. The molecule has 1 aromatic carbocycles. The van der Waals surface area contributed by atoms with Crippen molar-refractivity contribution in [2.45, 2.75) is 19.3 Å². The molecule has 1 aliphatic heterocycles. The maximum absolute atomic E-state index is 10.8. The van der Waals surface area contributed by atoms with Gasteiger partial charge in [0.1, 0.15) is 0 Å². The summed E-state index contributed by atoms with van der Waals surface area (Å²) in [6.07, 6.45) is 1.90. The van der Waals surface area contributed by atoms with E-state index >= 15 is 0 Å². The van der Waals surface area contributed by atoms with E-state index in [4.69, 9.17) is 16.0 Å². The first kappa shape index (κ1) is 14.2. The predicted octanol–water partition coefficient (Wildman–Crippen LogP) is 1.71. The Balaban J connectivity index is 1.90. The second kappa shape index (κ2) is 6.27. The van der Waals surface area contributed by atoms with Gasteiger partial charge < -0.3 is 20.9 Å². The number of benzene rings is 1. The van der Waals surface area contributed by atoms with Crippen LogP contribution in [0.25, 0.3) is 0 Å². The van der Waals surface area contributed by atoms with E-state index < -0.39 is 6.09 Å². The van der Waals surface area contributed by atoms with Crippen molar-refractivity contribution in [3.8, 4) is 0 Å². The third-order valence-electron chi connectivity index (χ3n) is 3.77. The molecule has 1 saturated heterocycles. The number of hydrogen-bond acceptors (Lipinski definition) is 3. The van der Waals surface area contributed by atoms with Crippen LogP contribution in [0.1, 0.15) is 24.0 Å². The highest BCUT2D eigenvalue weighted by atomic mass is 16.4. The molecular weight excluding hydrogens is 258 g/mol. The standard InChI is InChI=1S/C14H19N3O3/c15-13(16-20)12-3-1-10(2-4-12)9-11-5-7-17(8-6-11)14(18)19/h1-4,11,20H,5-9H2,(H2,15,16)(H,18,19). The van der Waals surface area contributed by atoms with Gasteiger partial charge in [-0.2, -0.15) is 0 Å². The van der Waals surface area contributed by atoms with Crippen molar-refractivity contribution in [2.75, 3.05) is 13.1 Å². The molecule has 108 valence electrons. The number of nitrogens with two attached hydrogens (primary N) is 1. The Kier molecular flexibility index (Phi) is 4.45. The fourth-order valence-corrected chi connectivity index (χ4v) is 2.53. The first-order valence-corrected chi connectivity index (χ1v) is 6.65. The van der Waals surface area contributed by atoms with Crippen molar-refractivity contribution in [3.63, 3.8) is 0 Å². The molecule has 0 atom stereocenters. The lowest BCUT2D eigenvalue weighted by atomic mass is 9.90. The minimum Gasteiger partial charge on any atom is -0.465 e. The van der Waals surface area contributed by atoms with Crippen LogP contribution in [0.3, 0.4) is 0 Å². The summed E-state index contributed by atoms with van der Waals surface area (Å²) >= 11 is 0. The molecule has 0 bridgehead atoms. The Hall–Kier alpha value is -2.24. The Morgan fingerprint density at radius 3 is 2.40 bits per heavy atom. The zero-order valence-electron chi connectivity index (χ0n) is 11.2. The largest absolute Gasteiger partial charge is 0.465 e. The molecule has 1 amide bonds. The van der Waals surface area contributed by atoms with Gasteiger partial charge in [-0.25, -0.2) is 4.79 Å². The van der Waals surface area contributed by atoms with Gasteiger partial charge in [0.15, 0.2) is 5.84 Å². The van der Waals surface area contributed by atoms with Gasteiger partial charge in [-0.3, -0.25) is 0 Å². The second-order valence-corrected chi connectivity index (χ2v) is 5.10. The Morgan fingerprint density at radius 2 is 1.90 bits per heavy atom. The van der Waals surface area contributed by atoms with Crippen LogP contribution in [-0.4, -0.2) is 40.2 Å². The van der Waals surface area contributed by atoms with E-state index in [9.17, 15) is 4.79 Å². The molecular formula is C14H19N3O3. The average molecular weight is 277 g/mol. The zero-order chi connectivity index (χ0) is 14.5. The molecule has 0 unspecified atom stereocenters. The predicted molar refractivity (Wildman–Crippen MR) is 75.0 cm³/mol. The Bertz CT molecular complexity index is 491. The van der Waals surface area contributed by atoms with Crippen molar-refractivity contribution in [1.82, 2.24) is 4.90 Å². The topological polar surface area (TPSA) is 99.2 Å². The summed E-state index contributed by atoms with van der Waals surface area (Å²) in [5, 5.41) is 20.5. The number of oxime groups is 1. The number of amides is 1. The van der Waals surface area contributed by atoms with Crippen LogP contribution < -0.4 is 5.73 Å². The molecule has 0 aromatic heterocycles. The average Bonchev–Trinajstić information content (AvgIpc) is 2.48. The summed E-state index contributed by atoms with van der Waals surface area (Å²) in [7, 11) is 0. The highest BCUT2D eigenvalue weighted by Crippen LogP contribution is 2.21. The molecule has 1 fully saturated rings. The van der Waals surface area contributed by atoms with E-state index in [0.29, 0.717) is 24.6 Å². The van der Waals surface area contributed by atoms with Gasteiger partial charge >= 0.3 is 6.09 Å². The minimum atomic E-state index is -0.827. The summed E-state index contributed by atoms with van der Waals surface area (Å²) in [5.74, 6) is 0.617. The van der Waals surface area contributed by atoms with Crippen molar-refractivity contribution >= 4 is 11.9 Å². The molecule has 1 aliphatic rings. The smallest absolute Gasteiger partial charge is 0.407 e. The van der Waals surface area contributed by atoms with E-state index in [1.165, 1.54) is 10.5 Å². The number of hydrogen-bond donors (Lipinski definition) is 3. The van der Waals surface area contributed by atoms with Crippen LogP contribution in [0, 0.1) is 5.92 Å². The number of carbonyl (C=O) groups is 1. The fraction of sp³-hybridized carbons (Fsp3) is 0.429. The number of piperidine rings is 1. The summed E-state index contributed by atoms with van der Waals surface area (Å²) < 4.78 is 0. The molecule has 4 N–H and O–H groups in total. The number of nitrogens with zero attached hydrogens (tertiary/aromatic N) is 2. The summed E-state index contributed by atoms with van der Waals surface area (Å²) in [6.45, 7) is 1.23. The molecule has 1 heterocycles. The number of carboxylic acid groups (broad SMARTS) is 1. The molecule has 2 rings (SSSR count). The number of likely N-dealkylation sites (tertiary alicyclic amines) is 1. The van der Waals surface area contributed by atoms with Gasteiger partial charge in [-0.15, -0.1) is 0 Å². The summed E-state index contributed by atoms with van der Waals surface area (Å²) in [6, 6.07) is 7.60. The van der Waals surface area contributed by atoms with Crippen LogP contribution in [-0.2, 0) is 6.42 Å². The lowest BCUT2D eigenvalue weighted by Gasteiger charge is -2.30. The highest BCUT2D eigenvalue weighted by molar-refractivity contribution is 5.96. The number of amidine groups is 1. The second-order valence-electron chi connectivity index (χ2n) is 5.10. The van der Waals surface area contributed by atoms with Crippen LogP contribution in [0.5, 0.6) is 0 Å². The number of rotatable bonds is 3. The molecule has 6 heteroatoms. The van der Waals surface area contributed by atoms with E-state index in [-0.39, 0.29) is 5.84 Å². The van der Waals surface area contributed by atoms with Crippen molar-refractivity contribution in [1.29, 1.82) is 0 Å². The molecule has 0 radical (unpaired) electrons. The molecule has 0 aliphatic carbocycles. The normalized spacial score (nSPS) is 17.2. The first-order chi connectivity index (χ1) is 9.60. The highest BCUT2D eigenvalue weighted by Gasteiger charge is 2.22. The third-order valence-corrected chi connectivity index (χ3v) is 3.77. The molecule has 6 nitrogen and oxygen atoms in total. The van der Waals surface area contributed by atoms with Crippen LogP contribution in [0.2, 0.25) is 0 Å². The molecule has 20 heavy (non-hydrogen) atoms. The lowest BCUT2D eigenvalue weighted by molar-refractivity contribution is 0.124.